The van der Waals surface area contributed by atoms with Gasteiger partial charge in [0.15, 0.2) is 11.5 Å². The maximum atomic E-state index is 11.8. The van der Waals surface area contributed by atoms with Crippen LogP contribution in [-0.2, 0) is 20.7 Å². The minimum absolute atomic E-state index is 0. The van der Waals surface area contributed by atoms with Crippen molar-refractivity contribution in [2.45, 2.75) is 12.5 Å². The van der Waals surface area contributed by atoms with Crippen LogP contribution in [0, 0.1) is 0 Å². The zero-order chi connectivity index (χ0) is 21.7. The Kier molecular flexibility index (Phi) is 8.88. The highest BCUT2D eigenvalue weighted by atomic mass is 35.5. The molecule has 0 radical (unpaired) electrons. The van der Waals surface area contributed by atoms with Crippen LogP contribution in [0.15, 0.2) is 47.4 Å². The van der Waals surface area contributed by atoms with E-state index in [0.717, 1.165) is 11.1 Å². The molecule has 1 atom stereocenters. The molecule has 1 amide bonds. The maximum absolute atomic E-state index is 11.8. The van der Waals surface area contributed by atoms with Crippen LogP contribution in [0.25, 0.3) is 6.08 Å². The Balaban J connectivity index is 0.00000341. The smallest absolute Gasteiger partial charge is 0.322 e. The van der Waals surface area contributed by atoms with Crippen LogP contribution in [0.1, 0.15) is 11.1 Å². The van der Waals surface area contributed by atoms with Gasteiger partial charge in [-0.1, -0.05) is 42.2 Å². The van der Waals surface area contributed by atoms with Crippen LogP contribution in [0.3, 0.4) is 0 Å². The summed E-state index contributed by atoms with van der Waals surface area (Å²) in [4.78, 5) is 23.8. The fourth-order valence-corrected chi connectivity index (χ4v) is 3.78. The summed E-state index contributed by atoms with van der Waals surface area (Å²) in [5.41, 5.74) is 7.46. The van der Waals surface area contributed by atoms with E-state index in [1.807, 2.05) is 18.2 Å². The largest absolute Gasteiger partial charge is 0.493 e. The van der Waals surface area contributed by atoms with Crippen molar-refractivity contribution in [2.24, 2.45) is 5.73 Å². The Hall–Kier alpha value is -2.59. The molecular formula is C21H21ClN2O5S2. The lowest BCUT2D eigenvalue weighted by molar-refractivity contribution is -0.142. The number of carbonyl (C=O) groups excluding carboxylic acids is 2. The average Bonchev–Trinajstić information content (AvgIpc) is 3.06. The van der Waals surface area contributed by atoms with Gasteiger partial charge in [-0.05, 0) is 47.9 Å². The molecule has 1 fully saturated rings. The van der Waals surface area contributed by atoms with Crippen LogP contribution < -0.4 is 20.5 Å². The first kappa shape index (κ1) is 24.7. The number of nitrogens with two attached hydrogens (primary N) is 1. The molecule has 3 rings (SSSR count). The molecule has 0 unspecified atom stereocenters. The molecule has 1 aliphatic heterocycles. The molecule has 0 saturated carbocycles. The zero-order valence-corrected chi connectivity index (χ0v) is 19.2. The van der Waals surface area contributed by atoms with Crippen LogP contribution in [0.5, 0.6) is 17.2 Å². The Morgan fingerprint density at radius 1 is 1.19 bits per heavy atom. The van der Waals surface area contributed by atoms with Gasteiger partial charge in [-0.2, -0.15) is 0 Å². The number of amides is 1. The summed E-state index contributed by atoms with van der Waals surface area (Å²) < 4.78 is 16.4. The van der Waals surface area contributed by atoms with Crippen molar-refractivity contribution in [2.75, 3.05) is 14.2 Å². The van der Waals surface area contributed by atoms with E-state index < -0.39 is 12.0 Å². The molecule has 1 saturated heterocycles. The van der Waals surface area contributed by atoms with E-state index in [4.69, 9.17) is 27.4 Å². The van der Waals surface area contributed by atoms with Crippen molar-refractivity contribution < 1.29 is 23.8 Å². The summed E-state index contributed by atoms with van der Waals surface area (Å²) in [5, 5.41) is 2.58. The molecule has 0 aromatic heterocycles. The van der Waals surface area contributed by atoms with Gasteiger partial charge >= 0.3 is 5.97 Å². The highest BCUT2D eigenvalue weighted by Gasteiger charge is 2.22. The number of nitrogens with one attached hydrogen (secondary N) is 1. The van der Waals surface area contributed by atoms with Crippen LogP contribution in [0.2, 0.25) is 0 Å². The number of thioether (sulfide) groups is 1. The maximum Gasteiger partial charge on any atom is 0.322 e. The lowest BCUT2D eigenvalue weighted by Gasteiger charge is -2.12. The topological polar surface area (TPSA) is 99.9 Å². The SMILES string of the molecule is COC(=O)[C@@H](N)Cc1ccc(Oc2ccc(C=C3SC(=S)NC3=O)cc2OC)cc1.Cl. The lowest BCUT2D eigenvalue weighted by Crippen LogP contribution is -2.33. The first-order valence-corrected chi connectivity index (χ1v) is 10.1. The molecule has 3 N–H and O–H groups in total. The summed E-state index contributed by atoms with van der Waals surface area (Å²) in [7, 11) is 2.85. The number of esters is 1. The monoisotopic (exact) mass is 480 g/mol. The predicted octanol–water partition coefficient (Wildman–Crippen LogP) is 3.44. The van der Waals surface area contributed by atoms with Gasteiger partial charge in [-0.3, -0.25) is 9.59 Å². The fourth-order valence-electron chi connectivity index (χ4n) is 2.74. The Labute approximate surface area is 195 Å². The third kappa shape index (κ3) is 6.44. The molecule has 1 aliphatic rings. The third-order valence-electron chi connectivity index (χ3n) is 4.24. The molecular weight excluding hydrogens is 460 g/mol. The van der Waals surface area contributed by atoms with Gasteiger partial charge < -0.3 is 25.3 Å². The molecule has 164 valence electrons. The van der Waals surface area contributed by atoms with Crippen LogP contribution in [0.4, 0.5) is 0 Å². The average molecular weight is 481 g/mol. The molecule has 31 heavy (non-hydrogen) atoms. The van der Waals surface area contributed by atoms with E-state index in [1.165, 1.54) is 18.9 Å². The van der Waals surface area contributed by atoms with E-state index in [-0.39, 0.29) is 18.3 Å². The Morgan fingerprint density at radius 2 is 1.90 bits per heavy atom. The molecule has 0 bridgehead atoms. The zero-order valence-electron chi connectivity index (χ0n) is 16.7. The minimum atomic E-state index is -0.710. The number of rotatable bonds is 7. The standard InChI is InChI=1S/C21H20N2O5S2.ClH/c1-26-17-10-13(11-18-19(24)23-21(29)30-18)5-8-16(17)28-14-6-3-12(4-7-14)9-15(22)20(25)27-2;/h3-8,10-11,15H,9,22H2,1-2H3,(H,23,24,29);1H/t15-;/m0./s1. The van der Waals surface area contributed by atoms with Crippen molar-refractivity contribution in [1.82, 2.24) is 5.32 Å². The van der Waals surface area contributed by atoms with Gasteiger partial charge in [0, 0.05) is 0 Å². The van der Waals surface area contributed by atoms with E-state index >= 15 is 0 Å². The van der Waals surface area contributed by atoms with Crippen LogP contribution >= 0.6 is 36.4 Å². The van der Waals surface area contributed by atoms with Gasteiger partial charge in [0.05, 0.1) is 19.1 Å². The highest BCUT2D eigenvalue weighted by molar-refractivity contribution is 8.26. The van der Waals surface area contributed by atoms with Gasteiger partial charge in [0.2, 0.25) is 0 Å². The number of hydrogen-bond acceptors (Lipinski definition) is 8. The van der Waals surface area contributed by atoms with E-state index in [9.17, 15) is 9.59 Å². The molecule has 2 aromatic carbocycles. The molecule has 7 nitrogen and oxygen atoms in total. The van der Waals surface area contributed by atoms with Gasteiger partial charge in [0.25, 0.3) is 5.91 Å². The summed E-state index contributed by atoms with van der Waals surface area (Å²) in [5.74, 6) is 0.984. The number of ether oxygens (including phenoxy) is 3. The molecule has 1 heterocycles. The van der Waals surface area contributed by atoms with Gasteiger partial charge in [-0.15, -0.1) is 12.4 Å². The van der Waals surface area contributed by atoms with Crippen LogP contribution in [-0.4, -0.2) is 36.5 Å². The van der Waals surface area contributed by atoms with Crippen molar-refractivity contribution in [3.05, 3.63) is 58.5 Å². The number of hydrogen-bond donors (Lipinski definition) is 2. The number of thiocarbonyl (C=S) groups is 1. The summed E-state index contributed by atoms with van der Waals surface area (Å²) in [6.45, 7) is 0. The first-order valence-electron chi connectivity index (χ1n) is 8.92. The second-order valence-electron chi connectivity index (χ2n) is 6.34. The van der Waals surface area contributed by atoms with Crippen molar-refractivity contribution in [3.63, 3.8) is 0 Å². The van der Waals surface area contributed by atoms with Gasteiger partial charge in [0.1, 0.15) is 16.1 Å². The minimum Gasteiger partial charge on any atom is -0.493 e. The second kappa shape index (κ2) is 11.1. The summed E-state index contributed by atoms with van der Waals surface area (Å²) in [6.07, 6.45) is 2.11. The number of methoxy groups -OCH3 is 2. The predicted molar refractivity (Wildman–Crippen MR) is 127 cm³/mol. The van der Waals surface area contributed by atoms with Crippen molar-refractivity contribution >= 4 is 58.7 Å². The number of carbonyl (C=O) groups is 2. The lowest BCUT2D eigenvalue weighted by atomic mass is 10.1. The molecule has 10 heteroatoms. The Bertz CT molecular complexity index is 1010. The van der Waals surface area contributed by atoms with E-state index in [0.29, 0.717) is 32.9 Å². The highest BCUT2D eigenvalue weighted by Crippen LogP contribution is 2.34. The third-order valence-corrected chi connectivity index (χ3v) is 5.40. The quantitative estimate of drug-likeness (QED) is 0.353. The second-order valence-corrected chi connectivity index (χ2v) is 8.06. The molecule has 0 spiro atoms. The molecule has 0 aliphatic carbocycles. The fraction of sp³-hybridized carbons (Fsp3) is 0.190. The molecule has 2 aromatic rings. The first-order chi connectivity index (χ1) is 14.4. The summed E-state index contributed by atoms with van der Waals surface area (Å²) >= 11 is 6.22. The van der Waals surface area contributed by atoms with Crippen molar-refractivity contribution in [3.8, 4) is 17.2 Å². The van der Waals surface area contributed by atoms with Gasteiger partial charge in [-0.25, -0.2) is 0 Å². The Morgan fingerprint density at radius 3 is 2.48 bits per heavy atom. The van der Waals surface area contributed by atoms with Crippen molar-refractivity contribution in [1.29, 1.82) is 0 Å². The number of halogens is 1. The normalized spacial score (nSPS) is 15.1. The van der Waals surface area contributed by atoms with E-state index in [1.54, 1.807) is 37.5 Å². The summed E-state index contributed by atoms with van der Waals surface area (Å²) in [6, 6.07) is 11.9. The van der Waals surface area contributed by atoms with E-state index in [2.05, 4.69) is 10.1 Å². The number of benzene rings is 2.